The van der Waals surface area contributed by atoms with Crippen LogP contribution in [-0.4, -0.2) is 22.1 Å². The number of fused-ring (bicyclic) bond motifs is 1. The number of para-hydroxylation sites is 1. The Kier molecular flexibility index (Phi) is 5.30. The zero-order valence-corrected chi connectivity index (χ0v) is 12.1. The number of unbranched alkanes of at least 4 members (excludes halogenated alkanes) is 2. The Morgan fingerprint density at radius 1 is 1.25 bits per heavy atom. The van der Waals surface area contributed by atoms with Crippen LogP contribution in [-0.2, 0) is 17.8 Å². The van der Waals surface area contributed by atoms with E-state index in [1.165, 1.54) is 0 Å². The van der Waals surface area contributed by atoms with Gasteiger partial charge in [0.25, 0.3) is 0 Å². The van der Waals surface area contributed by atoms with Gasteiger partial charge in [0.2, 0.25) is 0 Å². The van der Waals surface area contributed by atoms with Gasteiger partial charge in [0.15, 0.2) is 0 Å². The van der Waals surface area contributed by atoms with Crippen LogP contribution in [0, 0.1) is 0 Å². The zero-order valence-electron chi connectivity index (χ0n) is 12.1. The molecule has 0 aliphatic heterocycles. The van der Waals surface area contributed by atoms with E-state index in [0.29, 0.717) is 19.4 Å². The fourth-order valence-electron chi connectivity index (χ4n) is 2.49. The van der Waals surface area contributed by atoms with Crippen molar-refractivity contribution in [2.75, 3.05) is 6.54 Å². The molecule has 4 heteroatoms. The minimum absolute atomic E-state index is 0.272. The van der Waals surface area contributed by atoms with Gasteiger partial charge in [0.05, 0.1) is 17.6 Å². The SMILES string of the molecule is CCn1nc(CC(=O)CCCCCN)c2ccccc21. The number of carbonyl (C=O) groups is 1. The molecule has 0 aliphatic carbocycles. The van der Waals surface area contributed by atoms with Gasteiger partial charge in [-0.1, -0.05) is 24.6 Å². The average molecular weight is 273 g/mol. The lowest BCUT2D eigenvalue weighted by Gasteiger charge is -1.99. The predicted octanol–water partition coefficient (Wildman–Crippen LogP) is 2.69. The number of nitrogens with two attached hydrogens (primary N) is 1. The van der Waals surface area contributed by atoms with Crippen LogP contribution in [0.25, 0.3) is 10.9 Å². The summed E-state index contributed by atoms with van der Waals surface area (Å²) in [6.07, 6.45) is 4.04. The number of aryl methyl sites for hydroxylation is 1. The molecule has 0 aliphatic rings. The summed E-state index contributed by atoms with van der Waals surface area (Å²) in [6, 6.07) is 8.11. The topological polar surface area (TPSA) is 60.9 Å². The second kappa shape index (κ2) is 7.20. The van der Waals surface area contributed by atoms with Crippen molar-refractivity contribution < 1.29 is 4.79 Å². The highest BCUT2D eigenvalue weighted by Crippen LogP contribution is 2.19. The Labute approximate surface area is 120 Å². The summed E-state index contributed by atoms with van der Waals surface area (Å²) < 4.78 is 1.96. The molecule has 0 amide bonds. The van der Waals surface area contributed by atoms with Crippen LogP contribution in [0.3, 0.4) is 0 Å². The van der Waals surface area contributed by atoms with E-state index in [9.17, 15) is 4.79 Å². The van der Waals surface area contributed by atoms with Crippen molar-refractivity contribution in [2.45, 2.75) is 45.6 Å². The van der Waals surface area contributed by atoms with Crippen molar-refractivity contribution in [3.63, 3.8) is 0 Å². The van der Waals surface area contributed by atoms with Crippen LogP contribution < -0.4 is 5.73 Å². The van der Waals surface area contributed by atoms with Crippen LogP contribution in [0.5, 0.6) is 0 Å². The highest BCUT2D eigenvalue weighted by Gasteiger charge is 2.12. The third-order valence-corrected chi connectivity index (χ3v) is 3.56. The summed E-state index contributed by atoms with van der Waals surface area (Å²) in [5.41, 5.74) is 7.47. The van der Waals surface area contributed by atoms with Crippen LogP contribution in [0.2, 0.25) is 0 Å². The van der Waals surface area contributed by atoms with Gasteiger partial charge in [-0.15, -0.1) is 0 Å². The molecule has 20 heavy (non-hydrogen) atoms. The molecule has 1 heterocycles. The van der Waals surface area contributed by atoms with E-state index in [2.05, 4.69) is 18.1 Å². The number of nitrogens with zero attached hydrogens (tertiary/aromatic N) is 2. The highest BCUT2D eigenvalue weighted by atomic mass is 16.1. The molecule has 1 aromatic carbocycles. The second-order valence-corrected chi connectivity index (χ2v) is 5.09. The van der Waals surface area contributed by atoms with Crippen molar-refractivity contribution in [1.29, 1.82) is 0 Å². The second-order valence-electron chi connectivity index (χ2n) is 5.09. The van der Waals surface area contributed by atoms with Gasteiger partial charge in [-0.05, 0) is 32.4 Å². The van der Waals surface area contributed by atoms with Crippen molar-refractivity contribution in [3.05, 3.63) is 30.0 Å². The quantitative estimate of drug-likeness (QED) is 0.752. The highest BCUT2D eigenvalue weighted by molar-refractivity contribution is 5.88. The fraction of sp³-hybridized carbons (Fsp3) is 0.500. The van der Waals surface area contributed by atoms with Gasteiger partial charge < -0.3 is 5.73 Å². The maximum atomic E-state index is 12.0. The average Bonchev–Trinajstić information content (AvgIpc) is 2.82. The van der Waals surface area contributed by atoms with E-state index in [-0.39, 0.29) is 5.78 Å². The molecule has 0 fully saturated rings. The summed E-state index contributed by atoms with van der Waals surface area (Å²) in [7, 11) is 0. The van der Waals surface area contributed by atoms with E-state index in [1.54, 1.807) is 0 Å². The largest absolute Gasteiger partial charge is 0.330 e. The molecule has 4 nitrogen and oxygen atoms in total. The predicted molar refractivity (Wildman–Crippen MR) is 81.6 cm³/mol. The molecule has 2 N–H and O–H groups in total. The Morgan fingerprint density at radius 2 is 2.05 bits per heavy atom. The maximum Gasteiger partial charge on any atom is 0.138 e. The summed E-state index contributed by atoms with van der Waals surface area (Å²) in [5, 5.41) is 5.67. The third-order valence-electron chi connectivity index (χ3n) is 3.56. The molecule has 0 unspecified atom stereocenters. The molecule has 0 saturated carbocycles. The van der Waals surface area contributed by atoms with Crippen LogP contribution in [0.1, 0.15) is 38.3 Å². The monoisotopic (exact) mass is 273 g/mol. The Hall–Kier alpha value is -1.68. The number of Topliss-reactive ketones (excluding diaryl/α,β-unsaturated/α-hetero) is 1. The molecule has 0 atom stereocenters. The number of ketones is 1. The van der Waals surface area contributed by atoms with Crippen LogP contribution >= 0.6 is 0 Å². The first kappa shape index (κ1) is 14.7. The first-order valence-electron chi connectivity index (χ1n) is 7.42. The normalized spacial score (nSPS) is 11.1. The molecule has 0 bridgehead atoms. The zero-order chi connectivity index (χ0) is 14.4. The minimum atomic E-state index is 0.272. The number of hydrogen-bond donors (Lipinski definition) is 1. The lowest BCUT2D eigenvalue weighted by atomic mass is 10.1. The molecular weight excluding hydrogens is 250 g/mol. The van der Waals surface area contributed by atoms with Gasteiger partial charge in [-0.2, -0.15) is 5.10 Å². The molecule has 0 radical (unpaired) electrons. The van der Waals surface area contributed by atoms with Gasteiger partial charge in [-0.3, -0.25) is 9.48 Å². The van der Waals surface area contributed by atoms with E-state index in [4.69, 9.17) is 5.73 Å². The fourth-order valence-corrected chi connectivity index (χ4v) is 2.49. The molecule has 0 spiro atoms. The number of rotatable bonds is 8. The molecule has 2 rings (SSSR count). The maximum absolute atomic E-state index is 12.0. The number of aromatic nitrogens is 2. The van der Waals surface area contributed by atoms with E-state index >= 15 is 0 Å². The lowest BCUT2D eigenvalue weighted by molar-refractivity contribution is -0.118. The Balaban J connectivity index is 2.04. The molecule has 2 aromatic rings. The molecule has 0 saturated heterocycles. The Bertz CT molecular complexity index is 574. The summed E-state index contributed by atoms with van der Waals surface area (Å²) in [6.45, 7) is 3.60. The standard InChI is InChI=1S/C16H23N3O/c1-2-19-16-10-6-5-9-14(16)15(18-19)12-13(20)8-4-3-7-11-17/h5-6,9-10H,2-4,7-8,11-12,17H2,1H3. The Morgan fingerprint density at radius 3 is 2.80 bits per heavy atom. The van der Waals surface area contributed by atoms with Crippen molar-refractivity contribution in [3.8, 4) is 0 Å². The number of benzene rings is 1. The molecular formula is C16H23N3O. The summed E-state index contributed by atoms with van der Waals surface area (Å²) >= 11 is 0. The van der Waals surface area contributed by atoms with Crippen molar-refractivity contribution >= 4 is 16.7 Å². The molecule has 1 aromatic heterocycles. The van der Waals surface area contributed by atoms with Gasteiger partial charge in [0, 0.05) is 18.4 Å². The summed E-state index contributed by atoms with van der Waals surface area (Å²) in [5.74, 6) is 0.272. The number of hydrogen-bond acceptors (Lipinski definition) is 3. The first-order valence-corrected chi connectivity index (χ1v) is 7.42. The van der Waals surface area contributed by atoms with E-state index in [1.807, 2.05) is 22.9 Å². The lowest BCUT2D eigenvalue weighted by Crippen LogP contribution is -2.05. The summed E-state index contributed by atoms with van der Waals surface area (Å²) in [4.78, 5) is 12.0. The van der Waals surface area contributed by atoms with Gasteiger partial charge >= 0.3 is 0 Å². The van der Waals surface area contributed by atoms with Gasteiger partial charge in [-0.25, -0.2) is 0 Å². The minimum Gasteiger partial charge on any atom is -0.330 e. The van der Waals surface area contributed by atoms with Crippen molar-refractivity contribution in [1.82, 2.24) is 9.78 Å². The van der Waals surface area contributed by atoms with Gasteiger partial charge in [0.1, 0.15) is 5.78 Å². The van der Waals surface area contributed by atoms with Crippen molar-refractivity contribution in [2.24, 2.45) is 5.73 Å². The van der Waals surface area contributed by atoms with E-state index in [0.717, 1.165) is 42.4 Å². The first-order chi connectivity index (χ1) is 9.76. The number of carbonyl (C=O) groups excluding carboxylic acids is 1. The third kappa shape index (κ3) is 3.45. The smallest absolute Gasteiger partial charge is 0.138 e. The van der Waals surface area contributed by atoms with Crippen LogP contribution in [0.4, 0.5) is 0 Å². The van der Waals surface area contributed by atoms with E-state index < -0.39 is 0 Å². The van der Waals surface area contributed by atoms with Crippen LogP contribution in [0.15, 0.2) is 24.3 Å². The molecule has 108 valence electrons.